The van der Waals surface area contributed by atoms with Gasteiger partial charge in [0.25, 0.3) is 0 Å². The summed E-state index contributed by atoms with van der Waals surface area (Å²) in [6.45, 7) is 2.56. The molecule has 2 heterocycles. The van der Waals surface area contributed by atoms with E-state index < -0.39 is 11.7 Å². The number of rotatable bonds is 5. The van der Waals surface area contributed by atoms with Crippen LogP contribution in [0.15, 0.2) is 42.7 Å². The summed E-state index contributed by atoms with van der Waals surface area (Å²) >= 11 is 0. The molecule has 0 saturated carbocycles. The first-order valence-electron chi connectivity index (χ1n) is 8.78. The van der Waals surface area contributed by atoms with Crippen LogP contribution in [0.4, 0.5) is 23.9 Å². The minimum absolute atomic E-state index is 0.0743. The molecule has 3 rings (SSSR count). The molecular weight excluding hydrogens is 375 g/mol. The Labute approximate surface area is 160 Å². The zero-order valence-electron chi connectivity index (χ0n) is 15.0. The van der Waals surface area contributed by atoms with Gasteiger partial charge in [0.1, 0.15) is 12.4 Å². The average Bonchev–Trinajstić information content (AvgIpc) is 2.71. The van der Waals surface area contributed by atoms with E-state index in [2.05, 4.69) is 15.3 Å². The van der Waals surface area contributed by atoms with Crippen LogP contribution in [0.2, 0.25) is 0 Å². The predicted molar refractivity (Wildman–Crippen MR) is 96.2 cm³/mol. The number of urea groups is 1. The molecule has 1 aliphatic rings. The molecule has 0 bridgehead atoms. The first-order chi connectivity index (χ1) is 13.4. The van der Waals surface area contributed by atoms with Gasteiger partial charge in [-0.05, 0) is 24.3 Å². The summed E-state index contributed by atoms with van der Waals surface area (Å²) in [6, 6.07) is 6.16. The number of ether oxygens (including phenoxy) is 1. The van der Waals surface area contributed by atoms with Crippen LogP contribution in [-0.2, 0) is 6.18 Å². The number of amides is 2. The Kier molecular flexibility index (Phi) is 6.17. The lowest BCUT2D eigenvalue weighted by atomic mass is 10.2. The van der Waals surface area contributed by atoms with Gasteiger partial charge in [0.15, 0.2) is 0 Å². The molecule has 150 valence electrons. The standard InChI is InChI=1S/C18H20F3N5O2/c19-18(20,21)14-3-1-4-15(13-14)28-12-7-24-17(27)26-10-8-25(9-11-26)16-22-5-2-6-23-16/h1-6,13H,7-12H2,(H,24,27). The fraction of sp³-hybridized carbons (Fsp3) is 0.389. The van der Waals surface area contributed by atoms with E-state index in [4.69, 9.17) is 4.74 Å². The Hall–Kier alpha value is -3.04. The third-order valence-electron chi connectivity index (χ3n) is 4.21. The second kappa shape index (κ2) is 8.77. The van der Waals surface area contributed by atoms with Crippen molar-refractivity contribution in [3.05, 3.63) is 48.3 Å². The smallest absolute Gasteiger partial charge is 0.416 e. The molecule has 1 aromatic heterocycles. The molecule has 2 amide bonds. The Balaban J connectivity index is 1.38. The minimum Gasteiger partial charge on any atom is -0.492 e. The Morgan fingerprint density at radius 2 is 1.82 bits per heavy atom. The summed E-state index contributed by atoms with van der Waals surface area (Å²) in [5.74, 6) is 0.748. The van der Waals surface area contributed by atoms with Crippen LogP contribution in [0.3, 0.4) is 0 Å². The molecule has 0 spiro atoms. The fourth-order valence-electron chi connectivity index (χ4n) is 2.76. The Morgan fingerprint density at radius 1 is 1.11 bits per heavy atom. The van der Waals surface area contributed by atoms with Gasteiger partial charge in [-0.2, -0.15) is 13.2 Å². The fourth-order valence-corrected chi connectivity index (χ4v) is 2.76. The summed E-state index contributed by atoms with van der Waals surface area (Å²) in [7, 11) is 0. The Bertz CT molecular complexity index is 780. The van der Waals surface area contributed by atoms with Crippen LogP contribution >= 0.6 is 0 Å². The summed E-state index contributed by atoms with van der Waals surface area (Å²) in [6.07, 6.45) is -1.07. The molecule has 1 aromatic carbocycles. The van der Waals surface area contributed by atoms with Crippen LogP contribution in [0, 0.1) is 0 Å². The number of nitrogens with one attached hydrogen (secondary N) is 1. The van der Waals surface area contributed by atoms with Gasteiger partial charge in [0.05, 0.1) is 12.1 Å². The predicted octanol–water partition coefficient (Wildman–Crippen LogP) is 2.41. The molecule has 0 atom stereocenters. The lowest BCUT2D eigenvalue weighted by molar-refractivity contribution is -0.137. The van der Waals surface area contributed by atoms with E-state index in [-0.39, 0.29) is 24.9 Å². The number of alkyl halides is 3. The second-order valence-corrected chi connectivity index (χ2v) is 6.13. The number of anilines is 1. The van der Waals surface area contributed by atoms with Crippen molar-refractivity contribution in [1.29, 1.82) is 0 Å². The molecule has 0 unspecified atom stereocenters. The van der Waals surface area contributed by atoms with Gasteiger partial charge >= 0.3 is 12.2 Å². The largest absolute Gasteiger partial charge is 0.492 e. The number of aromatic nitrogens is 2. The normalized spacial score (nSPS) is 14.7. The highest BCUT2D eigenvalue weighted by Crippen LogP contribution is 2.31. The van der Waals surface area contributed by atoms with Crippen molar-refractivity contribution >= 4 is 12.0 Å². The molecule has 0 aliphatic carbocycles. The molecule has 0 radical (unpaired) electrons. The zero-order valence-corrected chi connectivity index (χ0v) is 15.0. The molecular formula is C18H20F3N5O2. The van der Waals surface area contributed by atoms with Gasteiger partial charge in [-0.15, -0.1) is 0 Å². The molecule has 28 heavy (non-hydrogen) atoms. The summed E-state index contributed by atoms with van der Waals surface area (Å²) in [5.41, 5.74) is -0.769. The molecule has 2 aromatic rings. The maximum atomic E-state index is 12.7. The van der Waals surface area contributed by atoms with Crippen molar-refractivity contribution in [3.63, 3.8) is 0 Å². The van der Waals surface area contributed by atoms with Crippen molar-refractivity contribution < 1.29 is 22.7 Å². The lowest BCUT2D eigenvalue weighted by Gasteiger charge is -2.34. The number of benzene rings is 1. The van der Waals surface area contributed by atoms with Crippen LogP contribution in [0.1, 0.15) is 5.56 Å². The van der Waals surface area contributed by atoms with Gasteiger partial charge in [-0.25, -0.2) is 14.8 Å². The summed E-state index contributed by atoms with van der Waals surface area (Å²) in [4.78, 5) is 24.3. The van der Waals surface area contributed by atoms with Crippen molar-refractivity contribution in [3.8, 4) is 5.75 Å². The van der Waals surface area contributed by atoms with E-state index in [0.717, 1.165) is 12.1 Å². The van der Waals surface area contributed by atoms with E-state index in [1.165, 1.54) is 12.1 Å². The zero-order chi connectivity index (χ0) is 20.0. The van der Waals surface area contributed by atoms with E-state index in [1.54, 1.807) is 23.4 Å². The van der Waals surface area contributed by atoms with Crippen molar-refractivity contribution in [2.45, 2.75) is 6.18 Å². The number of carbonyl (C=O) groups excluding carboxylic acids is 1. The highest BCUT2D eigenvalue weighted by atomic mass is 19.4. The molecule has 1 fully saturated rings. The summed E-state index contributed by atoms with van der Waals surface area (Å²) in [5, 5.41) is 2.71. The average molecular weight is 395 g/mol. The van der Waals surface area contributed by atoms with Crippen LogP contribution < -0.4 is 15.0 Å². The van der Waals surface area contributed by atoms with Gasteiger partial charge in [0, 0.05) is 38.6 Å². The van der Waals surface area contributed by atoms with E-state index in [1.807, 2.05) is 4.90 Å². The monoisotopic (exact) mass is 395 g/mol. The topological polar surface area (TPSA) is 70.6 Å². The first kappa shape index (κ1) is 19.7. The number of carbonyl (C=O) groups is 1. The van der Waals surface area contributed by atoms with Crippen LogP contribution in [0.5, 0.6) is 5.75 Å². The van der Waals surface area contributed by atoms with Crippen molar-refractivity contribution in [2.75, 3.05) is 44.2 Å². The second-order valence-electron chi connectivity index (χ2n) is 6.13. The number of halogens is 3. The quantitative estimate of drug-likeness (QED) is 0.788. The number of nitrogens with zero attached hydrogens (tertiary/aromatic N) is 4. The molecule has 7 nitrogen and oxygen atoms in total. The van der Waals surface area contributed by atoms with E-state index in [0.29, 0.717) is 32.1 Å². The van der Waals surface area contributed by atoms with Gasteiger partial charge in [0.2, 0.25) is 5.95 Å². The first-order valence-corrected chi connectivity index (χ1v) is 8.78. The van der Waals surface area contributed by atoms with Gasteiger partial charge in [-0.1, -0.05) is 6.07 Å². The van der Waals surface area contributed by atoms with Crippen LogP contribution in [0.25, 0.3) is 0 Å². The lowest BCUT2D eigenvalue weighted by Crippen LogP contribution is -2.52. The SMILES string of the molecule is O=C(NCCOc1cccc(C(F)(F)F)c1)N1CCN(c2ncccn2)CC1. The molecule has 10 heteroatoms. The van der Waals surface area contributed by atoms with E-state index in [9.17, 15) is 18.0 Å². The van der Waals surface area contributed by atoms with Crippen LogP contribution in [-0.4, -0.2) is 60.2 Å². The highest BCUT2D eigenvalue weighted by molar-refractivity contribution is 5.74. The molecule has 1 N–H and O–H groups in total. The maximum Gasteiger partial charge on any atom is 0.416 e. The molecule has 1 saturated heterocycles. The summed E-state index contributed by atoms with van der Waals surface area (Å²) < 4.78 is 43.3. The van der Waals surface area contributed by atoms with Crippen molar-refractivity contribution in [1.82, 2.24) is 20.2 Å². The number of hydrogen-bond acceptors (Lipinski definition) is 5. The highest BCUT2D eigenvalue weighted by Gasteiger charge is 2.30. The Morgan fingerprint density at radius 3 is 2.50 bits per heavy atom. The third kappa shape index (κ3) is 5.24. The number of piperazine rings is 1. The molecule has 1 aliphatic heterocycles. The van der Waals surface area contributed by atoms with Crippen molar-refractivity contribution in [2.24, 2.45) is 0 Å². The third-order valence-corrected chi connectivity index (χ3v) is 4.21. The van der Waals surface area contributed by atoms with Gasteiger partial charge < -0.3 is 19.9 Å². The number of hydrogen-bond donors (Lipinski definition) is 1. The van der Waals surface area contributed by atoms with E-state index >= 15 is 0 Å². The maximum absolute atomic E-state index is 12.7. The minimum atomic E-state index is -4.42. The van der Waals surface area contributed by atoms with Gasteiger partial charge in [-0.3, -0.25) is 0 Å².